The Hall–Kier alpha value is -0.875. The van der Waals surface area contributed by atoms with E-state index in [2.05, 4.69) is 4.74 Å². The van der Waals surface area contributed by atoms with E-state index in [1.54, 1.807) is 0 Å². The summed E-state index contributed by atoms with van der Waals surface area (Å²) in [7, 11) is 0. The highest BCUT2D eigenvalue weighted by Gasteiger charge is 2.22. The zero-order chi connectivity index (χ0) is 11.2. The van der Waals surface area contributed by atoms with E-state index in [0.717, 1.165) is 0 Å². The molecule has 0 atom stereocenters. The highest BCUT2D eigenvalue weighted by atomic mass is 19.4. The van der Waals surface area contributed by atoms with Gasteiger partial charge in [0.05, 0.1) is 6.61 Å². The standard InChI is InChI=1S/C7H14BF3NO2/c1-6(2)5-14-7(13)12-4-3-8(9,10)11/h6H,3-5H2,1-2H3,(H,12,13)/q-1. The second-order valence-corrected chi connectivity index (χ2v) is 3.42. The van der Waals surface area contributed by atoms with Gasteiger partial charge in [0.25, 0.3) is 0 Å². The van der Waals surface area contributed by atoms with Crippen molar-refractivity contribution in [3.63, 3.8) is 0 Å². The maximum absolute atomic E-state index is 11.7. The van der Waals surface area contributed by atoms with Crippen LogP contribution in [0.1, 0.15) is 13.8 Å². The van der Waals surface area contributed by atoms with Crippen LogP contribution in [0.25, 0.3) is 0 Å². The number of nitrogens with one attached hydrogen (secondary N) is 1. The van der Waals surface area contributed by atoms with Gasteiger partial charge in [-0.2, -0.15) is 0 Å². The molecule has 0 saturated carbocycles. The molecule has 0 fully saturated rings. The molecule has 14 heavy (non-hydrogen) atoms. The molecule has 0 rings (SSSR count). The fourth-order valence-corrected chi connectivity index (χ4v) is 0.631. The zero-order valence-corrected chi connectivity index (χ0v) is 8.23. The van der Waals surface area contributed by atoms with E-state index >= 15 is 0 Å². The smallest absolute Gasteiger partial charge is 0.449 e. The van der Waals surface area contributed by atoms with Crippen LogP contribution in [0.15, 0.2) is 0 Å². The van der Waals surface area contributed by atoms with Gasteiger partial charge in [0.15, 0.2) is 0 Å². The third-order valence-corrected chi connectivity index (χ3v) is 1.29. The molecule has 0 aliphatic carbocycles. The molecule has 0 aromatic carbocycles. The number of amides is 1. The summed E-state index contributed by atoms with van der Waals surface area (Å²) in [5, 5.41) is 2.03. The summed E-state index contributed by atoms with van der Waals surface area (Å²) in [6.45, 7) is -1.35. The molecule has 0 aromatic heterocycles. The van der Waals surface area contributed by atoms with Crippen molar-refractivity contribution in [2.45, 2.75) is 20.2 Å². The summed E-state index contributed by atoms with van der Waals surface area (Å²) >= 11 is 0. The van der Waals surface area contributed by atoms with Gasteiger partial charge >= 0.3 is 13.1 Å². The molecule has 3 nitrogen and oxygen atoms in total. The van der Waals surface area contributed by atoms with Crippen LogP contribution in [0.5, 0.6) is 0 Å². The summed E-state index contributed by atoms with van der Waals surface area (Å²) in [6.07, 6.45) is -1.77. The van der Waals surface area contributed by atoms with Crippen LogP contribution >= 0.6 is 0 Å². The van der Waals surface area contributed by atoms with E-state index in [0.29, 0.717) is 0 Å². The van der Waals surface area contributed by atoms with Crippen LogP contribution < -0.4 is 5.32 Å². The molecule has 0 radical (unpaired) electrons. The highest BCUT2D eigenvalue weighted by molar-refractivity contribution is 6.58. The Morgan fingerprint density at radius 2 is 2.00 bits per heavy atom. The van der Waals surface area contributed by atoms with E-state index in [9.17, 15) is 17.7 Å². The van der Waals surface area contributed by atoms with Gasteiger partial charge in [-0.3, -0.25) is 0 Å². The highest BCUT2D eigenvalue weighted by Crippen LogP contribution is 2.12. The van der Waals surface area contributed by atoms with Crippen molar-refractivity contribution in [2.75, 3.05) is 13.2 Å². The van der Waals surface area contributed by atoms with E-state index in [-0.39, 0.29) is 12.5 Å². The molecule has 0 spiro atoms. The quantitative estimate of drug-likeness (QED) is 0.709. The summed E-state index contributed by atoms with van der Waals surface area (Å²) in [5.41, 5.74) is 0. The Kier molecular flexibility index (Phi) is 5.41. The minimum Gasteiger partial charge on any atom is -0.449 e. The Morgan fingerprint density at radius 3 is 2.43 bits per heavy atom. The fourth-order valence-electron chi connectivity index (χ4n) is 0.631. The van der Waals surface area contributed by atoms with Crippen molar-refractivity contribution in [1.82, 2.24) is 5.32 Å². The molecule has 0 heterocycles. The van der Waals surface area contributed by atoms with Crippen molar-refractivity contribution < 1.29 is 22.5 Å². The van der Waals surface area contributed by atoms with Gasteiger partial charge in [-0.1, -0.05) is 20.2 Å². The number of ether oxygens (including phenoxy) is 1. The van der Waals surface area contributed by atoms with Crippen LogP contribution in [0, 0.1) is 5.92 Å². The SMILES string of the molecule is CC(C)COC(=O)NCC[B-](F)(F)F. The lowest BCUT2D eigenvalue weighted by Crippen LogP contribution is -2.30. The van der Waals surface area contributed by atoms with Crippen molar-refractivity contribution in [2.24, 2.45) is 5.92 Å². The summed E-state index contributed by atoms with van der Waals surface area (Å²) in [5.74, 6) is 0.174. The first-order valence-electron chi connectivity index (χ1n) is 4.43. The number of carbonyl (C=O) groups is 1. The van der Waals surface area contributed by atoms with Gasteiger partial charge in [0, 0.05) is 0 Å². The molecule has 0 unspecified atom stereocenters. The first kappa shape index (κ1) is 13.1. The van der Waals surface area contributed by atoms with E-state index in [1.165, 1.54) is 0 Å². The molecule has 0 saturated heterocycles. The molecule has 0 bridgehead atoms. The van der Waals surface area contributed by atoms with Crippen LogP contribution in [-0.2, 0) is 4.74 Å². The van der Waals surface area contributed by atoms with Gasteiger partial charge in [-0.25, -0.2) is 4.79 Å². The van der Waals surface area contributed by atoms with E-state index in [1.807, 2.05) is 19.2 Å². The topological polar surface area (TPSA) is 38.3 Å². The third-order valence-electron chi connectivity index (χ3n) is 1.29. The van der Waals surface area contributed by atoms with Crippen molar-refractivity contribution in [1.29, 1.82) is 0 Å². The molecular formula is C7H14BF3NO2-. The molecule has 0 aliphatic heterocycles. The lowest BCUT2D eigenvalue weighted by molar-refractivity contribution is 0.133. The summed E-state index contributed by atoms with van der Waals surface area (Å²) in [6, 6.07) is 0. The number of alkyl carbamates (subject to hydrolysis) is 1. The number of rotatable bonds is 5. The Balaban J connectivity index is 3.46. The predicted molar refractivity (Wildman–Crippen MR) is 48.1 cm³/mol. The van der Waals surface area contributed by atoms with Crippen molar-refractivity contribution in [3.8, 4) is 0 Å². The van der Waals surface area contributed by atoms with Crippen LogP contribution in [-0.4, -0.2) is 26.2 Å². The number of hydrogen-bond donors (Lipinski definition) is 1. The third kappa shape index (κ3) is 9.21. The molecule has 1 N–H and O–H groups in total. The number of halogens is 3. The second kappa shape index (κ2) is 5.77. The lowest BCUT2D eigenvalue weighted by atomic mass is 9.86. The minimum absolute atomic E-state index is 0.174. The Bertz CT molecular complexity index is 184. The van der Waals surface area contributed by atoms with Gasteiger partial charge in [0.1, 0.15) is 0 Å². The second-order valence-electron chi connectivity index (χ2n) is 3.42. The molecule has 0 aromatic rings. The molecule has 7 heteroatoms. The summed E-state index contributed by atoms with van der Waals surface area (Å²) < 4.78 is 39.7. The lowest BCUT2D eigenvalue weighted by Gasteiger charge is -2.14. The van der Waals surface area contributed by atoms with Crippen LogP contribution in [0.2, 0.25) is 6.32 Å². The first-order valence-corrected chi connectivity index (χ1v) is 4.43. The van der Waals surface area contributed by atoms with Gasteiger partial charge in [-0.15, -0.1) is 0 Å². The molecule has 0 aliphatic rings. The van der Waals surface area contributed by atoms with Crippen molar-refractivity contribution in [3.05, 3.63) is 0 Å². The van der Waals surface area contributed by atoms with Gasteiger partial charge in [-0.05, 0) is 12.5 Å². The predicted octanol–water partition coefficient (Wildman–Crippen LogP) is 2.22. The summed E-state index contributed by atoms with van der Waals surface area (Å²) in [4.78, 5) is 10.7. The molecule has 1 amide bonds. The van der Waals surface area contributed by atoms with Gasteiger partial charge in [0.2, 0.25) is 0 Å². The monoisotopic (exact) mass is 212 g/mol. The molecular weight excluding hydrogens is 198 g/mol. The number of carbonyl (C=O) groups excluding carboxylic acids is 1. The van der Waals surface area contributed by atoms with E-state index in [4.69, 9.17) is 0 Å². The zero-order valence-electron chi connectivity index (χ0n) is 8.23. The maximum atomic E-state index is 11.7. The molecule has 84 valence electrons. The average molecular weight is 212 g/mol. The van der Waals surface area contributed by atoms with Gasteiger partial charge < -0.3 is 23.0 Å². The van der Waals surface area contributed by atoms with Crippen LogP contribution in [0.4, 0.5) is 17.7 Å². The Morgan fingerprint density at radius 1 is 1.43 bits per heavy atom. The average Bonchev–Trinajstić information content (AvgIpc) is 1.98. The van der Waals surface area contributed by atoms with Crippen LogP contribution in [0.3, 0.4) is 0 Å². The van der Waals surface area contributed by atoms with E-state index < -0.39 is 25.9 Å². The largest absolute Gasteiger partial charge is 0.480 e. The number of hydrogen-bond acceptors (Lipinski definition) is 2. The first-order chi connectivity index (χ1) is 6.31. The maximum Gasteiger partial charge on any atom is 0.480 e. The fraction of sp³-hybridized carbons (Fsp3) is 0.857. The minimum atomic E-state index is -4.83. The van der Waals surface area contributed by atoms with Crippen molar-refractivity contribution >= 4 is 13.1 Å². The normalized spacial score (nSPS) is 11.6. The Labute approximate surface area is 81.1 Å².